The zero-order valence-corrected chi connectivity index (χ0v) is 19.8. The van der Waals surface area contributed by atoms with Gasteiger partial charge in [-0.1, -0.05) is 45.8 Å². The number of rotatable bonds is 7. The quantitative estimate of drug-likeness (QED) is 0.531. The molecule has 11 heteroatoms. The van der Waals surface area contributed by atoms with Crippen LogP contribution in [0.5, 0.6) is 0 Å². The van der Waals surface area contributed by atoms with Gasteiger partial charge in [0.25, 0.3) is 5.91 Å². The van der Waals surface area contributed by atoms with Crippen LogP contribution in [-0.2, 0) is 17.8 Å². The van der Waals surface area contributed by atoms with Gasteiger partial charge >= 0.3 is 0 Å². The number of thiazole rings is 1. The van der Waals surface area contributed by atoms with E-state index in [0.29, 0.717) is 38.0 Å². The zero-order valence-electron chi connectivity index (χ0n) is 17.5. The van der Waals surface area contributed by atoms with Gasteiger partial charge in [-0.2, -0.15) is 0 Å². The van der Waals surface area contributed by atoms with E-state index in [2.05, 4.69) is 25.9 Å². The predicted octanol–water partition coefficient (Wildman–Crippen LogP) is 4.03. The first-order chi connectivity index (χ1) is 14.6. The van der Waals surface area contributed by atoms with Crippen molar-refractivity contribution in [2.45, 2.75) is 46.7 Å². The Balaban J connectivity index is 1.65. The van der Waals surface area contributed by atoms with Crippen LogP contribution in [0.4, 0.5) is 5.13 Å². The van der Waals surface area contributed by atoms with Crippen molar-refractivity contribution in [3.05, 3.63) is 55.8 Å². The van der Waals surface area contributed by atoms with Crippen LogP contribution in [0.3, 0.4) is 0 Å². The van der Waals surface area contributed by atoms with E-state index in [9.17, 15) is 9.59 Å². The molecule has 0 radical (unpaired) electrons. The molecule has 3 rings (SSSR count). The fraction of sp³-hybridized carbons (Fsp3) is 0.350. The van der Waals surface area contributed by atoms with E-state index in [4.69, 9.17) is 23.2 Å². The van der Waals surface area contributed by atoms with E-state index >= 15 is 0 Å². The maximum atomic E-state index is 12.5. The first-order valence-corrected chi connectivity index (χ1v) is 11.1. The van der Waals surface area contributed by atoms with Crippen LogP contribution in [0.25, 0.3) is 0 Å². The van der Waals surface area contributed by atoms with Gasteiger partial charge < -0.3 is 10.6 Å². The lowest BCUT2D eigenvalue weighted by Gasteiger charge is -2.06. The highest BCUT2D eigenvalue weighted by molar-refractivity contribution is 7.17. The molecule has 2 N–H and O–H groups in total. The minimum absolute atomic E-state index is 0.0153. The fourth-order valence-electron chi connectivity index (χ4n) is 2.82. The highest BCUT2D eigenvalue weighted by Gasteiger charge is 2.19. The molecule has 0 atom stereocenters. The lowest BCUT2D eigenvalue weighted by molar-refractivity contribution is -0.115. The Morgan fingerprint density at radius 3 is 2.61 bits per heavy atom. The topological polar surface area (TPSA) is 102 Å². The molecular formula is C20H22Cl2N6O2S. The van der Waals surface area contributed by atoms with E-state index in [0.717, 1.165) is 22.6 Å². The number of nitrogens with one attached hydrogen (secondary N) is 2. The summed E-state index contributed by atoms with van der Waals surface area (Å²) in [5.74, 6) is -0.485. The third-order valence-electron chi connectivity index (χ3n) is 4.39. The number of nitrogens with zero attached hydrogens (tertiary/aromatic N) is 4. The lowest BCUT2D eigenvalue weighted by atomic mass is 10.2. The van der Waals surface area contributed by atoms with Gasteiger partial charge in [0, 0.05) is 6.04 Å². The van der Waals surface area contributed by atoms with Crippen LogP contribution >= 0.6 is 34.5 Å². The molecule has 0 saturated carbocycles. The lowest BCUT2D eigenvalue weighted by Crippen LogP contribution is -2.29. The van der Waals surface area contributed by atoms with Gasteiger partial charge in [0.1, 0.15) is 4.88 Å². The Hall–Kier alpha value is -2.49. The summed E-state index contributed by atoms with van der Waals surface area (Å²) in [6.45, 7) is 7.81. The average Bonchev–Trinajstić information content (AvgIpc) is 3.21. The van der Waals surface area contributed by atoms with Crippen molar-refractivity contribution in [1.29, 1.82) is 0 Å². The molecule has 1 aromatic carbocycles. The number of aryl methyl sites for hydroxylation is 1. The highest BCUT2D eigenvalue weighted by Crippen LogP contribution is 2.24. The van der Waals surface area contributed by atoms with Crippen LogP contribution in [0.1, 0.15) is 46.2 Å². The number of benzene rings is 1. The van der Waals surface area contributed by atoms with E-state index in [1.807, 2.05) is 26.8 Å². The maximum Gasteiger partial charge on any atom is 0.263 e. The molecule has 0 aliphatic carbocycles. The van der Waals surface area contributed by atoms with Crippen LogP contribution < -0.4 is 10.6 Å². The predicted molar refractivity (Wildman–Crippen MR) is 122 cm³/mol. The molecule has 0 saturated heterocycles. The normalized spacial score (nSPS) is 11.1. The molecule has 2 heterocycles. The van der Waals surface area contributed by atoms with Crippen LogP contribution in [0.2, 0.25) is 10.0 Å². The molecule has 0 spiro atoms. The number of halogens is 2. The first kappa shape index (κ1) is 23.2. The highest BCUT2D eigenvalue weighted by atomic mass is 35.5. The number of carbonyl (C=O) groups excluding carboxylic acids is 2. The summed E-state index contributed by atoms with van der Waals surface area (Å²) in [7, 11) is 0. The van der Waals surface area contributed by atoms with Gasteiger partial charge in [0.2, 0.25) is 5.91 Å². The smallest absolute Gasteiger partial charge is 0.263 e. The molecule has 164 valence electrons. The van der Waals surface area contributed by atoms with Crippen molar-refractivity contribution in [3.63, 3.8) is 0 Å². The van der Waals surface area contributed by atoms with Crippen molar-refractivity contribution < 1.29 is 9.59 Å². The van der Waals surface area contributed by atoms with Crippen molar-refractivity contribution in [2.75, 3.05) is 5.32 Å². The van der Waals surface area contributed by atoms with Gasteiger partial charge in [-0.25, -0.2) is 9.67 Å². The van der Waals surface area contributed by atoms with E-state index in [1.54, 1.807) is 23.7 Å². The Bertz CT molecular complexity index is 1130. The number of carbonyl (C=O) groups is 2. The summed E-state index contributed by atoms with van der Waals surface area (Å²) in [6, 6.07) is 5.38. The number of hydrogen-bond acceptors (Lipinski definition) is 6. The zero-order chi connectivity index (χ0) is 22.7. The van der Waals surface area contributed by atoms with Crippen LogP contribution in [0, 0.1) is 13.8 Å². The molecule has 3 aromatic rings. The molecule has 2 aromatic heterocycles. The number of anilines is 1. The van der Waals surface area contributed by atoms with Crippen molar-refractivity contribution in [1.82, 2.24) is 25.3 Å². The third-order valence-corrected chi connectivity index (χ3v) is 6.20. The molecule has 0 unspecified atom stereocenters. The first-order valence-electron chi connectivity index (χ1n) is 9.55. The summed E-state index contributed by atoms with van der Waals surface area (Å²) in [6.07, 6.45) is 0.0410. The standard InChI is InChI=1S/C20H22Cl2N6O2S/c1-10(2)23-19(30)18-11(3)24-20(31-18)25-17(29)8-16-12(4)28(27-26-16)9-13-5-6-14(21)15(22)7-13/h5-7,10H,8-9H2,1-4H3,(H,23,30)(H,24,25,29). The van der Waals surface area contributed by atoms with Crippen molar-refractivity contribution in [3.8, 4) is 0 Å². The third kappa shape index (κ3) is 5.81. The summed E-state index contributed by atoms with van der Waals surface area (Å²) in [5, 5.41) is 15.2. The number of hydrogen-bond donors (Lipinski definition) is 2. The Labute approximate surface area is 194 Å². The fourth-order valence-corrected chi connectivity index (χ4v) is 4.03. The second-order valence-electron chi connectivity index (χ2n) is 7.31. The summed E-state index contributed by atoms with van der Waals surface area (Å²) in [4.78, 5) is 29.5. The molecular weight excluding hydrogens is 459 g/mol. The largest absolute Gasteiger partial charge is 0.349 e. The van der Waals surface area contributed by atoms with Crippen molar-refractivity contribution in [2.24, 2.45) is 0 Å². The Morgan fingerprint density at radius 2 is 1.94 bits per heavy atom. The van der Waals surface area contributed by atoms with E-state index in [1.165, 1.54) is 0 Å². The summed E-state index contributed by atoms with van der Waals surface area (Å²) >= 11 is 13.2. The number of amides is 2. The molecule has 31 heavy (non-hydrogen) atoms. The second kappa shape index (κ2) is 9.76. The summed E-state index contributed by atoms with van der Waals surface area (Å²) < 4.78 is 1.70. The Morgan fingerprint density at radius 1 is 1.19 bits per heavy atom. The van der Waals surface area contributed by atoms with E-state index in [-0.39, 0.29) is 24.3 Å². The van der Waals surface area contributed by atoms with Gasteiger partial charge in [-0.3, -0.25) is 9.59 Å². The van der Waals surface area contributed by atoms with Gasteiger partial charge in [0.05, 0.1) is 40.1 Å². The minimum atomic E-state index is -0.283. The van der Waals surface area contributed by atoms with Gasteiger partial charge in [-0.05, 0) is 45.4 Å². The minimum Gasteiger partial charge on any atom is -0.349 e. The molecule has 2 amide bonds. The van der Waals surface area contributed by atoms with Crippen molar-refractivity contribution >= 4 is 51.5 Å². The van der Waals surface area contributed by atoms with Gasteiger partial charge in [-0.15, -0.1) is 5.10 Å². The van der Waals surface area contributed by atoms with Gasteiger partial charge in [0.15, 0.2) is 5.13 Å². The maximum absolute atomic E-state index is 12.5. The second-order valence-corrected chi connectivity index (χ2v) is 9.13. The van der Waals surface area contributed by atoms with E-state index < -0.39 is 0 Å². The molecule has 0 bridgehead atoms. The molecule has 8 nitrogen and oxygen atoms in total. The van der Waals surface area contributed by atoms with Crippen LogP contribution in [0.15, 0.2) is 18.2 Å². The monoisotopic (exact) mass is 480 g/mol. The molecule has 0 aliphatic rings. The number of aromatic nitrogens is 4. The average molecular weight is 481 g/mol. The Kier molecular flexibility index (Phi) is 7.30. The molecule has 0 aliphatic heterocycles. The summed E-state index contributed by atoms with van der Waals surface area (Å²) in [5.41, 5.74) is 2.82. The molecule has 0 fully saturated rings. The van der Waals surface area contributed by atoms with Crippen LogP contribution in [-0.4, -0.2) is 37.8 Å². The SMILES string of the molecule is Cc1nc(NC(=O)Cc2nnn(Cc3ccc(Cl)c(Cl)c3)c2C)sc1C(=O)NC(C)C.